The second-order valence-corrected chi connectivity index (χ2v) is 4.83. The highest BCUT2D eigenvalue weighted by molar-refractivity contribution is 5.99. The maximum Gasteiger partial charge on any atom is 0.258 e. The number of hydrogen-bond acceptors (Lipinski definition) is 4. The van der Waals surface area contributed by atoms with E-state index in [0.29, 0.717) is 11.3 Å². The number of furan rings is 1. The molecule has 3 N–H and O–H groups in total. The number of carbonyl (C=O) groups is 1. The Morgan fingerprint density at radius 1 is 1.37 bits per heavy atom. The Morgan fingerprint density at radius 2 is 1.95 bits per heavy atom. The van der Waals surface area contributed by atoms with Crippen molar-refractivity contribution in [3.05, 3.63) is 22.6 Å². The molecular weight excluding hydrogens is 246 g/mol. The molecule has 1 heterocycles. The molecule has 0 aliphatic heterocycles. The van der Waals surface area contributed by atoms with Crippen LogP contribution in [0.1, 0.15) is 41.3 Å². The monoisotopic (exact) mass is 267 g/mol. The Balaban J connectivity index is 3.13. The number of hydrogen-bond donors (Lipinski definition) is 2. The second kappa shape index (κ2) is 5.77. The van der Waals surface area contributed by atoms with Crippen molar-refractivity contribution in [1.29, 1.82) is 0 Å². The Bertz CT molecular complexity index is 503. The topological polar surface area (TPSA) is 92.1 Å². The summed E-state index contributed by atoms with van der Waals surface area (Å²) in [6, 6.07) is -0.0678. The summed E-state index contributed by atoms with van der Waals surface area (Å²) in [6.07, 6.45) is 0. The highest BCUT2D eigenvalue weighted by Crippen LogP contribution is 2.23. The second-order valence-electron chi connectivity index (χ2n) is 4.83. The molecule has 1 aromatic heterocycles. The minimum absolute atomic E-state index is 0.00225. The van der Waals surface area contributed by atoms with Gasteiger partial charge in [0.25, 0.3) is 5.91 Å². The molecule has 0 radical (unpaired) electrons. The molecule has 0 saturated heterocycles. The Morgan fingerprint density at radius 3 is 2.32 bits per heavy atom. The van der Waals surface area contributed by atoms with Crippen LogP contribution in [0, 0.1) is 20.8 Å². The van der Waals surface area contributed by atoms with Crippen LogP contribution in [0.2, 0.25) is 0 Å². The minimum atomic E-state index is -0.173. The molecule has 0 spiro atoms. The fourth-order valence-corrected chi connectivity index (χ4v) is 1.95. The average molecular weight is 267 g/mol. The largest absolute Gasteiger partial charge is 0.466 e. The van der Waals surface area contributed by atoms with Crippen LogP contribution in [0.5, 0.6) is 0 Å². The molecule has 6 nitrogen and oxygen atoms in total. The quantitative estimate of drug-likeness (QED) is 0.376. The lowest BCUT2D eigenvalue weighted by Gasteiger charge is -2.26. The summed E-state index contributed by atoms with van der Waals surface area (Å²) in [5, 5.41) is 11.6. The summed E-state index contributed by atoms with van der Waals surface area (Å²) >= 11 is 0. The average Bonchev–Trinajstić information content (AvgIpc) is 2.58. The number of aryl methyl sites for hydroxylation is 2. The van der Waals surface area contributed by atoms with E-state index in [1.807, 2.05) is 27.7 Å². The molecule has 1 aromatic rings. The fraction of sp³-hybridized carbons (Fsp3) is 0.538. The molecule has 6 heteroatoms. The van der Waals surface area contributed by atoms with Gasteiger partial charge < -0.3 is 20.3 Å². The van der Waals surface area contributed by atoms with E-state index in [1.165, 1.54) is 0 Å². The van der Waals surface area contributed by atoms with E-state index in [4.69, 9.17) is 15.4 Å². The number of rotatable bonds is 4. The van der Waals surface area contributed by atoms with Crippen LogP contribution in [0.3, 0.4) is 0 Å². The zero-order chi connectivity index (χ0) is 14.7. The third-order valence-corrected chi connectivity index (χ3v) is 3.12. The van der Waals surface area contributed by atoms with E-state index < -0.39 is 0 Å². The molecular formula is C13H21N3O3. The summed E-state index contributed by atoms with van der Waals surface area (Å²) in [4.78, 5) is 14.1. The zero-order valence-corrected chi connectivity index (χ0v) is 12.0. The maximum absolute atomic E-state index is 12.6. The van der Waals surface area contributed by atoms with Gasteiger partial charge in [-0.05, 0) is 34.6 Å². The summed E-state index contributed by atoms with van der Waals surface area (Å²) in [5.41, 5.74) is 6.87. The van der Waals surface area contributed by atoms with Gasteiger partial charge in [0, 0.05) is 11.6 Å². The molecule has 0 aliphatic rings. The highest BCUT2D eigenvalue weighted by atomic mass is 16.4. The third kappa shape index (κ3) is 3.07. The van der Waals surface area contributed by atoms with E-state index in [2.05, 4.69) is 5.16 Å². The van der Waals surface area contributed by atoms with Gasteiger partial charge in [-0.2, -0.15) is 0 Å². The van der Waals surface area contributed by atoms with Crippen LogP contribution in [-0.2, 0) is 0 Å². The van der Waals surface area contributed by atoms with Crippen molar-refractivity contribution < 1.29 is 14.4 Å². The van der Waals surface area contributed by atoms with E-state index >= 15 is 0 Å². The molecule has 0 aliphatic carbocycles. The molecule has 1 amide bonds. The van der Waals surface area contributed by atoms with Crippen LogP contribution in [0.15, 0.2) is 9.57 Å². The fourth-order valence-electron chi connectivity index (χ4n) is 1.95. The van der Waals surface area contributed by atoms with Crippen LogP contribution in [-0.4, -0.2) is 34.4 Å². The lowest BCUT2D eigenvalue weighted by Crippen LogP contribution is -2.43. The van der Waals surface area contributed by atoms with Gasteiger partial charge in [0.2, 0.25) is 0 Å². The Kier molecular flexibility index (Phi) is 4.58. The zero-order valence-electron chi connectivity index (χ0n) is 12.0. The molecule has 0 aromatic carbocycles. The van der Waals surface area contributed by atoms with Crippen LogP contribution in [0.4, 0.5) is 0 Å². The van der Waals surface area contributed by atoms with Crippen LogP contribution >= 0.6 is 0 Å². The van der Waals surface area contributed by atoms with Gasteiger partial charge in [0.15, 0.2) is 5.84 Å². The smallest absolute Gasteiger partial charge is 0.258 e. The summed E-state index contributed by atoms with van der Waals surface area (Å²) in [6.45, 7) is 9.26. The van der Waals surface area contributed by atoms with E-state index in [9.17, 15) is 4.79 Å². The first-order valence-corrected chi connectivity index (χ1v) is 6.13. The molecule has 0 saturated carbocycles. The first-order valence-electron chi connectivity index (χ1n) is 6.13. The number of oxime groups is 1. The predicted molar refractivity (Wildman–Crippen MR) is 72.5 cm³/mol. The number of amidine groups is 1. The Hall–Kier alpha value is -1.98. The van der Waals surface area contributed by atoms with Crippen molar-refractivity contribution in [2.75, 3.05) is 6.54 Å². The van der Waals surface area contributed by atoms with E-state index in [1.54, 1.807) is 11.8 Å². The SMILES string of the molecule is Cc1oc(C)c(C(=O)N(CC(N)=NO)C(C)C)c1C. The highest BCUT2D eigenvalue weighted by Gasteiger charge is 2.26. The molecule has 0 bridgehead atoms. The van der Waals surface area contributed by atoms with Gasteiger partial charge in [0.1, 0.15) is 11.5 Å². The summed E-state index contributed by atoms with van der Waals surface area (Å²) in [5.74, 6) is 1.14. The number of nitrogens with two attached hydrogens (primary N) is 1. The van der Waals surface area contributed by atoms with Gasteiger partial charge in [-0.3, -0.25) is 4.79 Å². The first-order chi connectivity index (χ1) is 8.79. The molecule has 0 unspecified atom stereocenters. The third-order valence-electron chi connectivity index (χ3n) is 3.12. The van der Waals surface area contributed by atoms with Gasteiger partial charge in [0.05, 0.1) is 12.1 Å². The van der Waals surface area contributed by atoms with Gasteiger partial charge in [-0.15, -0.1) is 0 Å². The number of nitrogens with zero attached hydrogens (tertiary/aromatic N) is 2. The van der Waals surface area contributed by atoms with Crippen molar-refractivity contribution in [3.8, 4) is 0 Å². The first kappa shape index (κ1) is 15.1. The molecule has 1 rings (SSSR count). The van der Waals surface area contributed by atoms with Gasteiger partial charge in [-0.1, -0.05) is 5.16 Å². The number of carbonyl (C=O) groups excluding carboxylic acids is 1. The van der Waals surface area contributed by atoms with Crippen molar-refractivity contribution in [1.82, 2.24) is 4.90 Å². The number of amides is 1. The minimum Gasteiger partial charge on any atom is -0.466 e. The predicted octanol–water partition coefficient (Wildman–Crippen LogP) is 1.80. The maximum atomic E-state index is 12.6. The molecule has 19 heavy (non-hydrogen) atoms. The lowest BCUT2D eigenvalue weighted by atomic mass is 10.1. The summed E-state index contributed by atoms with van der Waals surface area (Å²) < 4.78 is 5.47. The Labute approximate surface area is 112 Å². The van der Waals surface area contributed by atoms with Crippen molar-refractivity contribution in [3.63, 3.8) is 0 Å². The molecule has 0 fully saturated rings. The van der Waals surface area contributed by atoms with Crippen molar-refractivity contribution in [2.45, 2.75) is 40.7 Å². The standard InChI is InChI=1S/C13H21N3O3/c1-7(2)16(6-11(14)15-18)13(17)12-8(3)9(4)19-10(12)5/h7,18H,6H2,1-5H3,(H2,14,15). The lowest BCUT2D eigenvalue weighted by molar-refractivity contribution is 0.0731. The van der Waals surface area contributed by atoms with Gasteiger partial charge in [-0.25, -0.2) is 0 Å². The summed E-state index contributed by atoms with van der Waals surface area (Å²) in [7, 11) is 0. The molecule has 0 atom stereocenters. The van der Waals surface area contributed by atoms with E-state index in [0.717, 1.165) is 11.3 Å². The van der Waals surface area contributed by atoms with E-state index in [-0.39, 0.29) is 24.3 Å². The van der Waals surface area contributed by atoms with Crippen molar-refractivity contribution in [2.24, 2.45) is 10.9 Å². The van der Waals surface area contributed by atoms with Crippen molar-refractivity contribution >= 4 is 11.7 Å². The molecule has 106 valence electrons. The normalized spacial score (nSPS) is 12.0. The van der Waals surface area contributed by atoms with Crippen LogP contribution < -0.4 is 5.73 Å². The van der Waals surface area contributed by atoms with Crippen LogP contribution in [0.25, 0.3) is 0 Å². The van der Waals surface area contributed by atoms with Gasteiger partial charge >= 0.3 is 0 Å².